The number of carbonyl (C=O) groups is 2. The second-order valence-corrected chi connectivity index (χ2v) is 4.29. The van der Waals surface area contributed by atoms with Crippen LogP contribution in [0, 0.1) is 0 Å². The van der Waals surface area contributed by atoms with Crippen molar-refractivity contribution in [2.45, 2.75) is 24.7 Å². The third kappa shape index (κ3) is 1.86. The third-order valence-electron chi connectivity index (χ3n) is 3.12. The molecule has 0 spiro atoms. The molecule has 0 saturated carbocycles. The molecule has 0 aromatic heterocycles. The highest BCUT2D eigenvalue weighted by Gasteiger charge is 2.50. The minimum Gasteiger partial charge on any atom is -0.457 e. The van der Waals surface area contributed by atoms with Crippen LogP contribution in [0.25, 0.3) is 0 Å². The van der Waals surface area contributed by atoms with Crippen LogP contribution in [0.3, 0.4) is 0 Å². The van der Waals surface area contributed by atoms with Gasteiger partial charge in [0.25, 0.3) is 0 Å². The zero-order valence-electron chi connectivity index (χ0n) is 9.57. The summed E-state index contributed by atoms with van der Waals surface area (Å²) >= 11 is 0. The highest BCUT2D eigenvalue weighted by Crippen LogP contribution is 2.29. The molecule has 5 heteroatoms. The molecule has 2 aliphatic heterocycles. The van der Waals surface area contributed by atoms with Crippen molar-refractivity contribution in [1.82, 2.24) is 0 Å². The molecule has 0 aliphatic carbocycles. The molecule has 1 unspecified atom stereocenters. The Bertz CT molecular complexity index is 470. The van der Waals surface area contributed by atoms with Crippen LogP contribution in [-0.2, 0) is 19.0 Å². The van der Waals surface area contributed by atoms with Gasteiger partial charge in [-0.25, -0.2) is 9.59 Å². The van der Waals surface area contributed by atoms with E-state index in [4.69, 9.17) is 14.2 Å². The summed E-state index contributed by atoms with van der Waals surface area (Å²) in [5, 5.41) is 0. The molecule has 2 saturated heterocycles. The molecular weight excluding hydrogens is 236 g/mol. The quantitative estimate of drug-likeness (QED) is 0.728. The Morgan fingerprint density at radius 3 is 2.83 bits per heavy atom. The number of ether oxygens (including phenoxy) is 3. The lowest BCUT2D eigenvalue weighted by atomic mass is 10.1. The van der Waals surface area contributed by atoms with E-state index in [9.17, 15) is 9.59 Å². The first-order valence-electron chi connectivity index (χ1n) is 5.84. The summed E-state index contributed by atoms with van der Waals surface area (Å²) in [6.45, 7) is 0.530. The first-order valence-corrected chi connectivity index (χ1v) is 5.84. The van der Waals surface area contributed by atoms with Gasteiger partial charge in [0.1, 0.15) is 12.2 Å². The summed E-state index contributed by atoms with van der Waals surface area (Å²) in [6, 6.07) is 8.54. The minimum absolute atomic E-state index is 0.272. The Kier molecular flexibility index (Phi) is 2.76. The summed E-state index contributed by atoms with van der Waals surface area (Å²) in [4.78, 5) is 23.4. The normalized spacial score (nSPS) is 29.8. The fraction of sp³-hybridized carbons (Fsp3) is 0.385. The maximum atomic E-state index is 11.8. The van der Waals surface area contributed by atoms with Gasteiger partial charge >= 0.3 is 11.9 Å². The van der Waals surface area contributed by atoms with Gasteiger partial charge in [-0.05, 0) is 12.1 Å². The van der Waals surface area contributed by atoms with E-state index in [1.165, 1.54) is 0 Å². The monoisotopic (exact) mass is 248 g/mol. The van der Waals surface area contributed by atoms with E-state index < -0.39 is 24.1 Å². The number of rotatable bonds is 2. The average molecular weight is 248 g/mol. The van der Waals surface area contributed by atoms with Crippen molar-refractivity contribution >= 4 is 11.9 Å². The Balaban J connectivity index is 1.73. The van der Waals surface area contributed by atoms with Crippen molar-refractivity contribution in [1.29, 1.82) is 0 Å². The lowest BCUT2D eigenvalue weighted by Crippen LogP contribution is -2.34. The number of esters is 2. The molecule has 0 radical (unpaired) electrons. The smallest absolute Gasteiger partial charge is 0.350 e. The molecule has 5 nitrogen and oxygen atoms in total. The molecule has 1 aromatic carbocycles. The van der Waals surface area contributed by atoms with Crippen molar-refractivity contribution < 1.29 is 23.8 Å². The van der Waals surface area contributed by atoms with Gasteiger partial charge in [-0.3, -0.25) is 0 Å². The van der Waals surface area contributed by atoms with Crippen LogP contribution in [0.15, 0.2) is 30.3 Å². The first-order chi connectivity index (χ1) is 8.75. The van der Waals surface area contributed by atoms with Gasteiger partial charge < -0.3 is 14.2 Å². The topological polar surface area (TPSA) is 61.8 Å². The van der Waals surface area contributed by atoms with E-state index in [1.54, 1.807) is 30.3 Å². The van der Waals surface area contributed by atoms with Gasteiger partial charge in [0.2, 0.25) is 6.10 Å². The molecule has 2 heterocycles. The summed E-state index contributed by atoms with van der Waals surface area (Å²) in [5.41, 5.74) is 0.409. The summed E-state index contributed by atoms with van der Waals surface area (Å²) in [6.07, 6.45) is -1.00. The second kappa shape index (κ2) is 4.42. The average Bonchev–Trinajstić information content (AvgIpc) is 2.94. The first kappa shape index (κ1) is 11.2. The van der Waals surface area contributed by atoms with Crippen LogP contribution in [-0.4, -0.2) is 36.9 Å². The van der Waals surface area contributed by atoms with E-state index in [0.717, 1.165) is 0 Å². The van der Waals surface area contributed by atoms with Gasteiger partial charge in [0, 0.05) is 6.42 Å². The molecule has 3 atom stereocenters. The minimum atomic E-state index is -0.940. The Morgan fingerprint density at radius 2 is 2.06 bits per heavy atom. The molecule has 3 rings (SSSR count). The van der Waals surface area contributed by atoms with E-state index in [2.05, 4.69) is 0 Å². The summed E-state index contributed by atoms with van der Waals surface area (Å²) in [5.74, 6) is -1.05. The van der Waals surface area contributed by atoms with E-state index >= 15 is 0 Å². The van der Waals surface area contributed by atoms with E-state index in [-0.39, 0.29) is 6.10 Å². The van der Waals surface area contributed by atoms with Gasteiger partial charge in [0.05, 0.1) is 12.2 Å². The summed E-state index contributed by atoms with van der Waals surface area (Å²) in [7, 11) is 0. The lowest BCUT2D eigenvalue weighted by molar-refractivity contribution is -0.148. The molecule has 2 aliphatic rings. The van der Waals surface area contributed by atoms with Crippen LogP contribution in [0.1, 0.15) is 16.8 Å². The molecule has 2 fully saturated rings. The highest BCUT2D eigenvalue weighted by molar-refractivity contribution is 5.92. The molecule has 0 bridgehead atoms. The number of hydrogen-bond donors (Lipinski definition) is 0. The summed E-state index contributed by atoms with van der Waals surface area (Å²) < 4.78 is 15.7. The Hall–Kier alpha value is -1.88. The van der Waals surface area contributed by atoms with Crippen LogP contribution in [0.5, 0.6) is 0 Å². The number of hydrogen-bond acceptors (Lipinski definition) is 5. The van der Waals surface area contributed by atoms with E-state index in [1.807, 2.05) is 0 Å². The molecule has 0 amide bonds. The zero-order valence-corrected chi connectivity index (χ0v) is 9.57. The predicted molar refractivity (Wildman–Crippen MR) is 59.9 cm³/mol. The number of fused-ring (bicyclic) bond motifs is 1. The van der Waals surface area contributed by atoms with Gasteiger partial charge in [-0.2, -0.15) is 0 Å². The van der Waals surface area contributed by atoms with Gasteiger partial charge in [-0.1, -0.05) is 18.2 Å². The maximum Gasteiger partial charge on any atom is 0.350 e. The zero-order chi connectivity index (χ0) is 12.5. The highest BCUT2D eigenvalue weighted by atomic mass is 16.7. The van der Waals surface area contributed by atoms with Crippen molar-refractivity contribution in [2.24, 2.45) is 0 Å². The Morgan fingerprint density at radius 1 is 1.28 bits per heavy atom. The maximum absolute atomic E-state index is 11.8. The van der Waals surface area contributed by atoms with Crippen molar-refractivity contribution in [3.63, 3.8) is 0 Å². The molecule has 1 aromatic rings. The number of carbonyl (C=O) groups excluding carboxylic acids is 2. The molecule has 18 heavy (non-hydrogen) atoms. The SMILES string of the molecule is O=C(OC1C(=O)O[C@@H]2CCO[C@H]12)c1ccccc1. The van der Waals surface area contributed by atoms with Crippen molar-refractivity contribution in [3.05, 3.63) is 35.9 Å². The van der Waals surface area contributed by atoms with Crippen LogP contribution >= 0.6 is 0 Å². The van der Waals surface area contributed by atoms with Crippen molar-refractivity contribution in [3.8, 4) is 0 Å². The lowest BCUT2D eigenvalue weighted by Gasteiger charge is -2.14. The second-order valence-electron chi connectivity index (χ2n) is 4.29. The predicted octanol–water partition coefficient (Wildman–Crippen LogP) is 0.926. The standard InChI is InChI=1S/C13H12O5/c14-12(8-4-2-1-3-5-8)18-11-10-9(6-7-16-10)17-13(11)15/h1-5,9-11H,6-7H2/t9-,10+,11?/m1/s1. The van der Waals surface area contributed by atoms with E-state index in [0.29, 0.717) is 18.6 Å². The fourth-order valence-electron chi connectivity index (χ4n) is 2.22. The molecule has 94 valence electrons. The largest absolute Gasteiger partial charge is 0.457 e. The number of benzene rings is 1. The Labute approximate surface area is 104 Å². The van der Waals surface area contributed by atoms with Gasteiger partial charge in [0.15, 0.2) is 0 Å². The van der Waals surface area contributed by atoms with Crippen LogP contribution < -0.4 is 0 Å². The van der Waals surface area contributed by atoms with Gasteiger partial charge in [-0.15, -0.1) is 0 Å². The molecular formula is C13H12O5. The van der Waals surface area contributed by atoms with Crippen LogP contribution in [0.2, 0.25) is 0 Å². The third-order valence-corrected chi connectivity index (χ3v) is 3.12. The fourth-order valence-corrected chi connectivity index (χ4v) is 2.22. The van der Waals surface area contributed by atoms with Crippen molar-refractivity contribution in [2.75, 3.05) is 6.61 Å². The molecule has 0 N–H and O–H groups in total. The van der Waals surface area contributed by atoms with Crippen LogP contribution in [0.4, 0.5) is 0 Å².